The Bertz CT molecular complexity index is 433. The predicted molar refractivity (Wildman–Crippen MR) is 86.1 cm³/mol. The molecule has 0 bridgehead atoms. The highest BCUT2D eigenvalue weighted by atomic mass is 15.0. The summed E-state index contributed by atoms with van der Waals surface area (Å²) >= 11 is 0. The Labute approximate surface area is 124 Å². The monoisotopic (exact) mass is 271 g/mol. The number of hydrogen-bond donors (Lipinski definition) is 1. The van der Waals surface area contributed by atoms with Gasteiger partial charge in [0.25, 0.3) is 0 Å². The number of hydrogen-bond acceptors (Lipinski definition) is 1. The molecule has 0 spiro atoms. The van der Waals surface area contributed by atoms with Crippen LogP contribution in [0.2, 0.25) is 0 Å². The van der Waals surface area contributed by atoms with Crippen LogP contribution in [0.4, 0.5) is 0 Å². The van der Waals surface area contributed by atoms with Gasteiger partial charge in [0.1, 0.15) is 0 Å². The minimum Gasteiger partial charge on any atom is -0.311 e. The maximum absolute atomic E-state index is 3.94. The molecule has 0 heterocycles. The Balaban J connectivity index is 1.47. The van der Waals surface area contributed by atoms with Gasteiger partial charge >= 0.3 is 0 Å². The van der Waals surface area contributed by atoms with Gasteiger partial charge in [-0.15, -0.1) is 0 Å². The zero-order chi connectivity index (χ0) is 13.9. The van der Waals surface area contributed by atoms with Crippen LogP contribution in [0.15, 0.2) is 24.3 Å². The van der Waals surface area contributed by atoms with Gasteiger partial charge in [-0.3, -0.25) is 0 Å². The van der Waals surface area contributed by atoms with Crippen LogP contribution in [0.3, 0.4) is 0 Å². The summed E-state index contributed by atoms with van der Waals surface area (Å²) in [6.07, 6.45) is 9.77. The third kappa shape index (κ3) is 3.25. The standard InChI is InChI=1S/C19H29N/c1-14-6-5-8-17(11-10-14)20-18-12-16(13-18)19-9-4-3-7-15(19)2/h3-4,7,9,14,16-18,20H,5-6,8,10-13H2,1-2H3. The molecule has 1 N–H and O–H groups in total. The topological polar surface area (TPSA) is 12.0 Å². The quantitative estimate of drug-likeness (QED) is 0.779. The maximum Gasteiger partial charge on any atom is 0.00813 e. The van der Waals surface area contributed by atoms with Crippen LogP contribution in [0.1, 0.15) is 68.9 Å². The third-order valence-corrected chi connectivity index (χ3v) is 5.50. The van der Waals surface area contributed by atoms with Crippen molar-refractivity contribution in [2.45, 2.75) is 76.8 Å². The van der Waals surface area contributed by atoms with E-state index >= 15 is 0 Å². The van der Waals surface area contributed by atoms with Gasteiger partial charge < -0.3 is 5.32 Å². The van der Waals surface area contributed by atoms with Crippen LogP contribution in [0.25, 0.3) is 0 Å². The first-order valence-electron chi connectivity index (χ1n) is 8.54. The highest BCUT2D eigenvalue weighted by Crippen LogP contribution is 2.39. The molecule has 1 nitrogen and oxygen atoms in total. The van der Waals surface area contributed by atoms with E-state index in [9.17, 15) is 0 Å². The van der Waals surface area contributed by atoms with Gasteiger partial charge in [-0.25, -0.2) is 0 Å². The first kappa shape index (κ1) is 14.1. The molecule has 110 valence electrons. The van der Waals surface area contributed by atoms with Crippen LogP contribution >= 0.6 is 0 Å². The van der Waals surface area contributed by atoms with Gasteiger partial charge in [0.05, 0.1) is 0 Å². The summed E-state index contributed by atoms with van der Waals surface area (Å²) < 4.78 is 0. The molecule has 0 amide bonds. The minimum absolute atomic E-state index is 0.776. The second kappa shape index (κ2) is 6.30. The maximum atomic E-state index is 3.94. The van der Waals surface area contributed by atoms with Crippen molar-refractivity contribution in [3.05, 3.63) is 35.4 Å². The summed E-state index contributed by atoms with van der Waals surface area (Å²) in [6.45, 7) is 4.67. The lowest BCUT2D eigenvalue weighted by Gasteiger charge is -2.39. The second-order valence-corrected chi connectivity index (χ2v) is 7.20. The molecule has 2 saturated carbocycles. The zero-order valence-electron chi connectivity index (χ0n) is 13.1. The predicted octanol–water partition coefficient (Wildman–Crippen LogP) is 4.80. The highest BCUT2D eigenvalue weighted by molar-refractivity contribution is 5.31. The van der Waals surface area contributed by atoms with E-state index < -0.39 is 0 Å². The number of aryl methyl sites for hydroxylation is 1. The van der Waals surface area contributed by atoms with E-state index in [1.165, 1.54) is 50.5 Å². The van der Waals surface area contributed by atoms with E-state index in [2.05, 4.69) is 43.4 Å². The van der Waals surface area contributed by atoms with E-state index in [-0.39, 0.29) is 0 Å². The van der Waals surface area contributed by atoms with Gasteiger partial charge in [0.2, 0.25) is 0 Å². The second-order valence-electron chi connectivity index (χ2n) is 7.20. The summed E-state index contributed by atoms with van der Waals surface area (Å²) in [4.78, 5) is 0. The molecule has 0 aliphatic heterocycles. The summed E-state index contributed by atoms with van der Waals surface area (Å²) in [5.74, 6) is 1.75. The number of nitrogens with one attached hydrogen (secondary N) is 1. The highest BCUT2D eigenvalue weighted by Gasteiger charge is 2.32. The average Bonchev–Trinajstić information content (AvgIpc) is 2.60. The first-order valence-corrected chi connectivity index (χ1v) is 8.54. The lowest BCUT2D eigenvalue weighted by atomic mass is 9.74. The van der Waals surface area contributed by atoms with Crippen molar-refractivity contribution in [1.29, 1.82) is 0 Å². The molecular formula is C19H29N. The Morgan fingerprint density at radius 2 is 1.75 bits per heavy atom. The smallest absolute Gasteiger partial charge is 0.00813 e. The van der Waals surface area contributed by atoms with Crippen molar-refractivity contribution >= 4 is 0 Å². The molecule has 2 aliphatic carbocycles. The van der Waals surface area contributed by atoms with Crippen LogP contribution < -0.4 is 5.32 Å². The Hall–Kier alpha value is -0.820. The Morgan fingerprint density at radius 1 is 0.950 bits per heavy atom. The van der Waals surface area contributed by atoms with E-state index in [0.29, 0.717) is 0 Å². The largest absolute Gasteiger partial charge is 0.311 e. The molecule has 0 radical (unpaired) electrons. The molecule has 3 rings (SSSR count). The summed E-state index contributed by atoms with van der Waals surface area (Å²) in [5.41, 5.74) is 3.05. The first-order chi connectivity index (χ1) is 9.72. The normalized spacial score (nSPS) is 34.3. The number of rotatable bonds is 3. The molecule has 1 aromatic rings. The van der Waals surface area contributed by atoms with Crippen molar-refractivity contribution in [3.8, 4) is 0 Å². The fourth-order valence-corrected chi connectivity index (χ4v) is 4.04. The van der Waals surface area contributed by atoms with Crippen molar-refractivity contribution in [1.82, 2.24) is 5.32 Å². The van der Waals surface area contributed by atoms with Crippen molar-refractivity contribution < 1.29 is 0 Å². The molecule has 20 heavy (non-hydrogen) atoms. The minimum atomic E-state index is 0.776. The van der Waals surface area contributed by atoms with Gasteiger partial charge in [-0.05, 0) is 62.0 Å². The van der Waals surface area contributed by atoms with Crippen molar-refractivity contribution in [2.75, 3.05) is 0 Å². The molecule has 2 aliphatic rings. The molecule has 2 atom stereocenters. The van der Waals surface area contributed by atoms with Gasteiger partial charge in [-0.2, -0.15) is 0 Å². The molecule has 1 heteroatoms. The molecule has 2 unspecified atom stereocenters. The van der Waals surface area contributed by atoms with Crippen LogP contribution in [-0.4, -0.2) is 12.1 Å². The number of benzene rings is 1. The van der Waals surface area contributed by atoms with Gasteiger partial charge in [0, 0.05) is 12.1 Å². The van der Waals surface area contributed by atoms with E-state index in [1.807, 2.05) is 0 Å². The van der Waals surface area contributed by atoms with Crippen LogP contribution in [0.5, 0.6) is 0 Å². The van der Waals surface area contributed by atoms with Crippen LogP contribution in [0, 0.1) is 12.8 Å². The van der Waals surface area contributed by atoms with Crippen molar-refractivity contribution in [2.24, 2.45) is 5.92 Å². The molecule has 0 aromatic heterocycles. The zero-order valence-corrected chi connectivity index (χ0v) is 13.1. The van der Waals surface area contributed by atoms with E-state index in [0.717, 1.165) is 23.9 Å². The Morgan fingerprint density at radius 3 is 2.55 bits per heavy atom. The summed E-state index contributed by atoms with van der Waals surface area (Å²) in [7, 11) is 0. The lowest BCUT2D eigenvalue weighted by Crippen LogP contribution is -2.45. The average molecular weight is 271 g/mol. The van der Waals surface area contributed by atoms with Gasteiger partial charge in [0.15, 0.2) is 0 Å². The molecule has 1 aromatic carbocycles. The summed E-state index contributed by atoms with van der Waals surface area (Å²) in [5, 5.41) is 3.94. The Kier molecular flexibility index (Phi) is 4.45. The SMILES string of the molecule is Cc1ccccc1C1CC(NC2CCCC(C)CC2)C1. The van der Waals surface area contributed by atoms with Crippen LogP contribution in [-0.2, 0) is 0 Å². The molecular weight excluding hydrogens is 242 g/mol. The fourth-order valence-electron chi connectivity index (χ4n) is 4.04. The van der Waals surface area contributed by atoms with Crippen molar-refractivity contribution in [3.63, 3.8) is 0 Å². The fraction of sp³-hybridized carbons (Fsp3) is 0.684. The third-order valence-electron chi connectivity index (χ3n) is 5.50. The van der Waals surface area contributed by atoms with Gasteiger partial charge in [-0.1, -0.05) is 44.0 Å². The lowest BCUT2D eigenvalue weighted by molar-refractivity contribution is 0.253. The molecule has 0 saturated heterocycles. The van der Waals surface area contributed by atoms with E-state index in [1.54, 1.807) is 5.56 Å². The van der Waals surface area contributed by atoms with E-state index in [4.69, 9.17) is 0 Å². The summed E-state index contributed by atoms with van der Waals surface area (Å²) in [6, 6.07) is 10.5. The molecule has 2 fully saturated rings.